The highest BCUT2D eigenvalue weighted by Crippen LogP contribution is 2.31. The molecule has 1 N–H and O–H groups in total. The SMILES string of the molecule is Cc1cc(N2CCC(=O)NC2=O)ccc1N1CCC(C(C)C)CC1. The van der Waals surface area contributed by atoms with E-state index in [9.17, 15) is 9.59 Å². The van der Waals surface area contributed by atoms with Crippen molar-refractivity contribution in [2.45, 2.75) is 40.0 Å². The second-order valence-electron chi connectivity index (χ2n) is 7.29. The molecule has 2 aliphatic heterocycles. The number of imide groups is 1. The minimum atomic E-state index is -0.323. The van der Waals surface area contributed by atoms with Gasteiger partial charge in [-0.2, -0.15) is 0 Å². The monoisotopic (exact) mass is 329 g/mol. The number of rotatable bonds is 3. The Morgan fingerprint density at radius 3 is 2.42 bits per heavy atom. The predicted octanol–water partition coefficient (Wildman–Crippen LogP) is 3.31. The zero-order chi connectivity index (χ0) is 17.3. The van der Waals surface area contributed by atoms with Crippen molar-refractivity contribution in [1.29, 1.82) is 0 Å². The predicted molar refractivity (Wildman–Crippen MR) is 96.5 cm³/mol. The van der Waals surface area contributed by atoms with Crippen molar-refractivity contribution in [3.05, 3.63) is 23.8 Å². The first-order valence-electron chi connectivity index (χ1n) is 8.92. The number of anilines is 2. The number of amides is 3. The average Bonchev–Trinajstić information content (AvgIpc) is 2.55. The summed E-state index contributed by atoms with van der Waals surface area (Å²) < 4.78 is 0. The molecule has 5 heteroatoms. The molecule has 2 heterocycles. The molecule has 2 aliphatic rings. The summed E-state index contributed by atoms with van der Waals surface area (Å²) in [4.78, 5) is 27.4. The summed E-state index contributed by atoms with van der Waals surface area (Å²) in [6.07, 6.45) is 2.85. The second kappa shape index (κ2) is 6.83. The highest BCUT2D eigenvalue weighted by molar-refractivity contribution is 6.05. The Kier molecular flexibility index (Phi) is 4.78. The summed E-state index contributed by atoms with van der Waals surface area (Å²) >= 11 is 0. The molecule has 2 saturated heterocycles. The van der Waals surface area contributed by atoms with Crippen molar-refractivity contribution in [1.82, 2.24) is 5.32 Å². The van der Waals surface area contributed by atoms with Crippen LogP contribution in [-0.4, -0.2) is 31.6 Å². The van der Waals surface area contributed by atoms with Gasteiger partial charge in [-0.3, -0.25) is 15.0 Å². The van der Waals surface area contributed by atoms with E-state index in [4.69, 9.17) is 0 Å². The highest BCUT2D eigenvalue weighted by Gasteiger charge is 2.26. The van der Waals surface area contributed by atoms with Crippen molar-refractivity contribution in [3.8, 4) is 0 Å². The van der Waals surface area contributed by atoms with Gasteiger partial charge in [0.2, 0.25) is 5.91 Å². The number of hydrogen-bond acceptors (Lipinski definition) is 3. The highest BCUT2D eigenvalue weighted by atomic mass is 16.2. The Balaban J connectivity index is 1.71. The lowest BCUT2D eigenvalue weighted by atomic mass is 9.86. The van der Waals surface area contributed by atoms with Crippen LogP contribution in [0.5, 0.6) is 0 Å². The first kappa shape index (κ1) is 16.8. The average molecular weight is 329 g/mol. The molecule has 0 bridgehead atoms. The lowest BCUT2D eigenvalue weighted by Crippen LogP contribution is -2.49. The Hall–Kier alpha value is -2.04. The number of benzene rings is 1. The topological polar surface area (TPSA) is 52.7 Å². The van der Waals surface area contributed by atoms with Crippen LogP contribution in [0.2, 0.25) is 0 Å². The van der Waals surface area contributed by atoms with Crippen molar-refractivity contribution >= 4 is 23.3 Å². The standard InChI is InChI=1S/C19H27N3O2/c1-13(2)15-6-9-21(10-7-15)17-5-4-16(12-14(17)3)22-11-8-18(23)20-19(22)24/h4-5,12-13,15H,6-11H2,1-3H3,(H,20,23,24). The third kappa shape index (κ3) is 3.40. The van der Waals surface area contributed by atoms with Crippen LogP contribution in [-0.2, 0) is 4.79 Å². The maximum absolute atomic E-state index is 12.0. The van der Waals surface area contributed by atoms with Crippen molar-refractivity contribution in [2.75, 3.05) is 29.4 Å². The summed E-state index contributed by atoms with van der Waals surface area (Å²) in [7, 11) is 0. The van der Waals surface area contributed by atoms with E-state index in [0.29, 0.717) is 13.0 Å². The number of urea groups is 1. The number of carbonyl (C=O) groups is 2. The number of piperidine rings is 1. The van der Waals surface area contributed by atoms with Gasteiger partial charge >= 0.3 is 6.03 Å². The van der Waals surface area contributed by atoms with E-state index >= 15 is 0 Å². The van der Waals surface area contributed by atoms with Crippen LogP contribution in [0.1, 0.15) is 38.7 Å². The molecule has 0 saturated carbocycles. The number of aryl methyl sites for hydroxylation is 1. The molecule has 0 unspecified atom stereocenters. The Morgan fingerprint density at radius 1 is 1.12 bits per heavy atom. The molecule has 5 nitrogen and oxygen atoms in total. The van der Waals surface area contributed by atoms with E-state index in [1.54, 1.807) is 4.90 Å². The molecule has 3 rings (SSSR count). The van der Waals surface area contributed by atoms with Gasteiger partial charge in [-0.25, -0.2) is 4.79 Å². The fraction of sp³-hybridized carbons (Fsp3) is 0.579. The molecule has 1 aromatic carbocycles. The van der Waals surface area contributed by atoms with Crippen LogP contribution in [0.15, 0.2) is 18.2 Å². The lowest BCUT2D eigenvalue weighted by Gasteiger charge is -2.36. The summed E-state index contributed by atoms with van der Waals surface area (Å²) in [6.45, 7) is 9.37. The van der Waals surface area contributed by atoms with Gasteiger partial charge < -0.3 is 4.90 Å². The molecule has 24 heavy (non-hydrogen) atoms. The maximum Gasteiger partial charge on any atom is 0.328 e. The van der Waals surface area contributed by atoms with Crippen LogP contribution in [0.3, 0.4) is 0 Å². The summed E-state index contributed by atoms with van der Waals surface area (Å²) in [5, 5.41) is 2.38. The van der Waals surface area contributed by atoms with Crippen LogP contribution in [0.25, 0.3) is 0 Å². The number of hydrogen-bond donors (Lipinski definition) is 1. The molecule has 3 amide bonds. The van der Waals surface area contributed by atoms with E-state index in [2.05, 4.69) is 43.1 Å². The molecule has 0 atom stereocenters. The van der Waals surface area contributed by atoms with E-state index in [1.807, 2.05) is 6.07 Å². The Bertz CT molecular complexity index is 633. The largest absolute Gasteiger partial charge is 0.371 e. The zero-order valence-corrected chi connectivity index (χ0v) is 14.8. The molecule has 0 aromatic heterocycles. The first-order valence-corrected chi connectivity index (χ1v) is 8.92. The normalized spacial score (nSPS) is 19.8. The summed E-state index contributed by atoms with van der Waals surface area (Å²) in [6, 6.07) is 5.84. The molecule has 0 aliphatic carbocycles. The minimum Gasteiger partial charge on any atom is -0.371 e. The van der Waals surface area contributed by atoms with E-state index in [1.165, 1.54) is 24.1 Å². The smallest absolute Gasteiger partial charge is 0.328 e. The van der Waals surface area contributed by atoms with Crippen LogP contribution in [0, 0.1) is 18.8 Å². The van der Waals surface area contributed by atoms with E-state index in [0.717, 1.165) is 30.6 Å². The van der Waals surface area contributed by atoms with E-state index in [-0.39, 0.29) is 11.9 Å². The fourth-order valence-corrected chi connectivity index (χ4v) is 3.78. The molecule has 0 radical (unpaired) electrons. The second-order valence-corrected chi connectivity index (χ2v) is 7.29. The minimum absolute atomic E-state index is 0.197. The van der Waals surface area contributed by atoms with Gasteiger partial charge in [-0.1, -0.05) is 13.8 Å². The molecular weight excluding hydrogens is 302 g/mol. The molecule has 0 spiro atoms. The van der Waals surface area contributed by atoms with Gasteiger partial charge in [0.1, 0.15) is 0 Å². The molecule has 2 fully saturated rings. The maximum atomic E-state index is 12.0. The van der Waals surface area contributed by atoms with Gasteiger partial charge in [0.25, 0.3) is 0 Å². The third-order valence-corrected chi connectivity index (χ3v) is 5.37. The zero-order valence-electron chi connectivity index (χ0n) is 14.8. The molecule has 130 valence electrons. The van der Waals surface area contributed by atoms with Crippen molar-refractivity contribution in [3.63, 3.8) is 0 Å². The van der Waals surface area contributed by atoms with Gasteiger partial charge in [0.05, 0.1) is 0 Å². The quantitative estimate of drug-likeness (QED) is 0.925. The van der Waals surface area contributed by atoms with Gasteiger partial charge in [-0.05, 0) is 55.4 Å². The van der Waals surface area contributed by atoms with Crippen molar-refractivity contribution in [2.24, 2.45) is 11.8 Å². The number of nitrogens with zero attached hydrogens (tertiary/aromatic N) is 2. The van der Waals surface area contributed by atoms with Crippen LogP contribution < -0.4 is 15.1 Å². The molecular formula is C19H27N3O2. The summed E-state index contributed by atoms with van der Waals surface area (Å²) in [5.41, 5.74) is 3.30. The van der Waals surface area contributed by atoms with Crippen molar-refractivity contribution < 1.29 is 9.59 Å². The van der Waals surface area contributed by atoms with Gasteiger partial charge in [-0.15, -0.1) is 0 Å². The number of nitrogens with one attached hydrogen (secondary N) is 1. The van der Waals surface area contributed by atoms with E-state index < -0.39 is 0 Å². The Morgan fingerprint density at radius 2 is 1.83 bits per heavy atom. The fourth-order valence-electron chi connectivity index (χ4n) is 3.78. The summed E-state index contributed by atoms with van der Waals surface area (Å²) in [5.74, 6) is 1.39. The Labute approximate surface area is 144 Å². The lowest BCUT2D eigenvalue weighted by molar-refractivity contribution is -0.120. The molecule has 1 aromatic rings. The van der Waals surface area contributed by atoms with Gasteiger partial charge in [0, 0.05) is 37.4 Å². The first-order chi connectivity index (χ1) is 11.5. The van der Waals surface area contributed by atoms with Crippen LogP contribution in [0.4, 0.5) is 16.2 Å². The number of carbonyl (C=O) groups excluding carboxylic acids is 2. The van der Waals surface area contributed by atoms with Crippen LogP contribution >= 0.6 is 0 Å². The third-order valence-electron chi connectivity index (χ3n) is 5.37. The van der Waals surface area contributed by atoms with Gasteiger partial charge in [0.15, 0.2) is 0 Å².